The van der Waals surface area contributed by atoms with Crippen LogP contribution in [0.4, 0.5) is 0 Å². The number of aromatic amines is 1. The Morgan fingerprint density at radius 2 is 2.17 bits per heavy atom. The lowest BCUT2D eigenvalue weighted by Crippen LogP contribution is -2.29. The van der Waals surface area contributed by atoms with Gasteiger partial charge in [-0.05, 0) is 31.7 Å². The number of hydrogen-bond acceptors (Lipinski definition) is 5. The Morgan fingerprint density at radius 1 is 1.43 bits per heavy atom. The van der Waals surface area contributed by atoms with E-state index in [4.69, 9.17) is 5.11 Å². The number of aliphatic hydroxyl groups is 1. The van der Waals surface area contributed by atoms with Gasteiger partial charge in [0.2, 0.25) is 5.91 Å². The summed E-state index contributed by atoms with van der Waals surface area (Å²) in [5.41, 5.74) is 0.838. The van der Waals surface area contributed by atoms with E-state index < -0.39 is 0 Å². The van der Waals surface area contributed by atoms with Crippen molar-refractivity contribution in [2.24, 2.45) is 5.92 Å². The molecular formula is C16H23N3O3S. The molecule has 1 unspecified atom stereocenters. The fraction of sp³-hybridized carbons (Fsp3) is 0.562. The molecule has 0 aliphatic heterocycles. The summed E-state index contributed by atoms with van der Waals surface area (Å²) in [5.74, 6) is 0.716. The van der Waals surface area contributed by atoms with Gasteiger partial charge in [0, 0.05) is 30.9 Å². The predicted molar refractivity (Wildman–Crippen MR) is 91.9 cm³/mol. The van der Waals surface area contributed by atoms with Gasteiger partial charge >= 0.3 is 0 Å². The third-order valence-electron chi connectivity index (χ3n) is 3.95. The number of hydrogen-bond donors (Lipinski definition) is 3. The summed E-state index contributed by atoms with van der Waals surface area (Å²) in [6.07, 6.45) is 1.36. The van der Waals surface area contributed by atoms with Gasteiger partial charge in [-0.15, -0.1) is 11.3 Å². The van der Waals surface area contributed by atoms with E-state index in [0.29, 0.717) is 30.6 Å². The number of aromatic nitrogens is 2. The van der Waals surface area contributed by atoms with E-state index in [2.05, 4.69) is 15.3 Å². The number of fused-ring (bicyclic) bond motifs is 1. The van der Waals surface area contributed by atoms with Crippen LogP contribution in [0.1, 0.15) is 36.0 Å². The van der Waals surface area contributed by atoms with Gasteiger partial charge in [-0.3, -0.25) is 9.59 Å². The fourth-order valence-corrected chi connectivity index (χ4v) is 3.40. The van der Waals surface area contributed by atoms with Crippen LogP contribution in [0.5, 0.6) is 0 Å². The quantitative estimate of drug-likeness (QED) is 0.716. The third kappa shape index (κ3) is 4.39. The fourth-order valence-electron chi connectivity index (χ4n) is 2.35. The van der Waals surface area contributed by atoms with Crippen molar-refractivity contribution < 1.29 is 9.90 Å². The largest absolute Gasteiger partial charge is 0.396 e. The van der Waals surface area contributed by atoms with E-state index in [1.165, 1.54) is 11.3 Å². The molecule has 0 fully saturated rings. The highest BCUT2D eigenvalue weighted by Gasteiger charge is 2.12. The van der Waals surface area contributed by atoms with Crippen molar-refractivity contribution in [1.82, 2.24) is 15.3 Å². The standard InChI is InChI=1S/C16H23N3O3S/c1-9(6-7-20)8-17-13(21)5-4-12-18-15(22)14-10(2)11(3)23-16(14)19-12/h9,20H,4-8H2,1-3H3,(H,17,21)(H,18,19,22). The van der Waals surface area contributed by atoms with Gasteiger partial charge in [0.05, 0.1) is 5.39 Å². The first-order valence-corrected chi connectivity index (χ1v) is 8.60. The molecule has 0 aliphatic rings. The molecule has 0 saturated heterocycles. The Bertz CT molecular complexity index is 751. The van der Waals surface area contributed by atoms with Crippen LogP contribution in [-0.4, -0.2) is 34.1 Å². The molecule has 2 heterocycles. The second kappa shape index (κ2) is 7.70. The zero-order valence-corrected chi connectivity index (χ0v) is 14.5. The SMILES string of the molecule is Cc1sc2nc(CCC(=O)NCC(C)CCO)[nH]c(=O)c2c1C. The number of nitrogens with zero attached hydrogens (tertiary/aromatic N) is 1. The molecule has 126 valence electrons. The molecule has 1 amide bonds. The number of carbonyl (C=O) groups excluding carboxylic acids is 1. The Balaban J connectivity index is 1.97. The maximum atomic E-state index is 12.2. The molecule has 2 aromatic rings. The number of aryl methyl sites for hydroxylation is 3. The van der Waals surface area contributed by atoms with Gasteiger partial charge in [0.25, 0.3) is 5.56 Å². The molecule has 0 radical (unpaired) electrons. The van der Waals surface area contributed by atoms with Crippen molar-refractivity contribution in [3.05, 3.63) is 26.6 Å². The van der Waals surface area contributed by atoms with E-state index in [1.54, 1.807) is 0 Å². The monoisotopic (exact) mass is 337 g/mol. The molecule has 0 aromatic carbocycles. The minimum absolute atomic E-state index is 0.0731. The topological polar surface area (TPSA) is 95.1 Å². The predicted octanol–water partition coefficient (Wildman–Crippen LogP) is 1.67. The smallest absolute Gasteiger partial charge is 0.259 e. The van der Waals surface area contributed by atoms with Crippen molar-refractivity contribution in [1.29, 1.82) is 0 Å². The first-order chi connectivity index (χ1) is 10.9. The normalized spacial score (nSPS) is 12.5. The molecule has 7 heteroatoms. The molecule has 2 aromatic heterocycles. The average molecular weight is 337 g/mol. The van der Waals surface area contributed by atoms with Gasteiger partial charge in [0.15, 0.2) is 0 Å². The number of thiophene rings is 1. The minimum atomic E-state index is -0.135. The first kappa shape index (κ1) is 17.6. The molecule has 0 spiro atoms. The molecule has 0 aliphatic carbocycles. The van der Waals surface area contributed by atoms with Crippen LogP contribution in [0.25, 0.3) is 10.2 Å². The van der Waals surface area contributed by atoms with Gasteiger partial charge in [-0.1, -0.05) is 6.92 Å². The molecular weight excluding hydrogens is 314 g/mol. The van der Waals surface area contributed by atoms with E-state index in [1.807, 2.05) is 20.8 Å². The molecule has 3 N–H and O–H groups in total. The van der Waals surface area contributed by atoms with Crippen LogP contribution >= 0.6 is 11.3 Å². The summed E-state index contributed by atoms with van der Waals surface area (Å²) >= 11 is 1.51. The third-order valence-corrected chi connectivity index (χ3v) is 5.05. The lowest BCUT2D eigenvalue weighted by molar-refractivity contribution is -0.121. The summed E-state index contributed by atoms with van der Waals surface area (Å²) in [6, 6.07) is 0. The molecule has 1 atom stereocenters. The van der Waals surface area contributed by atoms with Crippen molar-refractivity contribution in [2.75, 3.05) is 13.2 Å². The van der Waals surface area contributed by atoms with Crippen LogP contribution in [0.3, 0.4) is 0 Å². The van der Waals surface area contributed by atoms with E-state index >= 15 is 0 Å². The van der Waals surface area contributed by atoms with Crippen LogP contribution in [-0.2, 0) is 11.2 Å². The second-order valence-electron chi connectivity index (χ2n) is 5.90. The summed E-state index contributed by atoms with van der Waals surface area (Å²) in [7, 11) is 0. The molecule has 23 heavy (non-hydrogen) atoms. The lowest BCUT2D eigenvalue weighted by atomic mass is 10.1. The Kier molecular flexibility index (Phi) is 5.90. The number of nitrogens with one attached hydrogen (secondary N) is 2. The Morgan fingerprint density at radius 3 is 2.87 bits per heavy atom. The Hall–Kier alpha value is -1.73. The molecule has 0 saturated carbocycles. The summed E-state index contributed by atoms with van der Waals surface area (Å²) in [4.78, 5) is 33.1. The zero-order valence-electron chi connectivity index (χ0n) is 13.7. The van der Waals surface area contributed by atoms with Crippen molar-refractivity contribution in [2.45, 2.75) is 40.0 Å². The lowest BCUT2D eigenvalue weighted by Gasteiger charge is -2.10. The number of aliphatic hydroxyl groups excluding tert-OH is 1. The van der Waals surface area contributed by atoms with Gasteiger partial charge in [0.1, 0.15) is 10.7 Å². The van der Waals surface area contributed by atoms with Gasteiger partial charge in [-0.25, -0.2) is 4.98 Å². The van der Waals surface area contributed by atoms with Crippen LogP contribution in [0.15, 0.2) is 4.79 Å². The van der Waals surface area contributed by atoms with E-state index in [9.17, 15) is 9.59 Å². The summed E-state index contributed by atoms with van der Waals surface area (Å²) < 4.78 is 0. The van der Waals surface area contributed by atoms with Gasteiger partial charge < -0.3 is 15.4 Å². The zero-order chi connectivity index (χ0) is 17.0. The number of H-pyrrole nitrogens is 1. The maximum Gasteiger partial charge on any atom is 0.259 e. The molecule has 6 nitrogen and oxygen atoms in total. The van der Waals surface area contributed by atoms with E-state index in [-0.39, 0.29) is 30.4 Å². The van der Waals surface area contributed by atoms with Gasteiger partial charge in [-0.2, -0.15) is 0 Å². The summed E-state index contributed by atoms with van der Waals surface area (Å²) in [5, 5.41) is 12.3. The Labute approximate surface area is 139 Å². The highest BCUT2D eigenvalue weighted by atomic mass is 32.1. The van der Waals surface area contributed by atoms with Crippen molar-refractivity contribution in [3.8, 4) is 0 Å². The maximum absolute atomic E-state index is 12.2. The highest BCUT2D eigenvalue weighted by molar-refractivity contribution is 7.18. The first-order valence-electron chi connectivity index (χ1n) is 7.78. The number of carbonyl (C=O) groups is 1. The van der Waals surface area contributed by atoms with Crippen LogP contribution in [0, 0.1) is 19.8 Å². The minimum Gasteiger partial charge on any atom is -0.396 e. The highest BCUT2D eigenvalue weighted by Crippen LogP contribution is 2.25. The van der Waals surface area contributed by atoms with Crippen LogP contribution < -0.4 is 10.9 Å². The van der Waals surface area contributed by atoms with Crippen molar-refractivity contribution in [3.63, 3.8) is 0 Å². The molecule has 2 rings (SSSR count). The van der Waals surface area contributed by atoms with Crippen molar-refractivity contribution >= 4 is 27.5 Å². The molecule has 0 bridgehead atoms. The average Bonchev–Trinajstić information content (AvgIpc) is 2.78. The summed E-state index contributed by atoms with van der Waals surface area (Å²) in [6.45, 7) is 6.55. The second-order valence-corrected chi connectivity index (χ2v) is 7.10. The number of amides is 1. The number of rotatable bonds is 7. The van der Waals surface area contributed by atoms with Crippen LogP contribution in [0.2, 0.25) is 0 Å². The van der Waals surface area contributed by atoms with E-state index in [0.717, 1.165) is 15.3 Å².